The monoisotopic (exact) mass is 282 g/mol. The van der Waals surface area contributed by atoms with Crippen LogP contribution in [0.15, 0.2) is 18.2 Å². The molecule has 0 heterocycles. The number of hydrogen-bond acceptors (Lipinski definition) is 5. The van der Waals surface area contributed by atoms with Crippen molar-refractivity contribution < 1.29 is 19.0 Å². The number of anilines is 1. The number of carbonyl (C=O) groups excluding carboxylic acids is 1. The number of amides is 1. The van der Waals surface area contributed by atoms with Crippen LogP contribution >= 0.6 is 0 Å². The Morgan fingerprint density at radius 3 is 2.65 bits per heavy atom. The van der Waals surface area contributed by atoms with Gasteiger partial charge in [0.1, 0.15) is 12.4 Å². The molecule has 0 bridgehead atoms. The fourth-order valence-corrected chi connectivity index (χ4v) is 1.54. The van der Waals surface area contributed by atoms with Gasteiger partial charge in [-0.05, 0) is 25.1 Å². The molecule has 0 saturated heterocycles. The highest BCUT2D eigenvalue weighted by atomic mass is 16.5. The number of hydrogen-bond donors (Lipinski definition) is 2. The van der Waals surface area contributed by atoms with E-state index in [2.05, 4.69) is 5.32 Å². The lowest BCUT2D eigenvalue weighted by Crippen LogP contribution is -2.22. The van der Waals surface area contributed by atoms with E-state index in [1.165, 1.54) is 0 Å². The van der Waals surface area contributed by atoms with Gasteiger partial charge >= 0.3 is 0 Å². The number of benzene rings is 1. The van der Waals surface area contributed by atoms with E-state index < -0.39 is 0 Å². The second kappa shape index (κ2) is 9.17. The number of rotatable bonds is 9. The summed E-state index contributed by atoms with van der Waals surface area (Å²) in [5, 5.41) is 2.71. The van der Waals surface area contributed by atoms with Gasteiger partial charge < -0.3 is 25.3 Å². The van der Waals surface area contributed by atoms with Crippen LogP contribution in [0.25, 0.3) is 0 Å². The van der Waals surface area contributed by atoms with Gasteiger partial charge in [-0.1, -0.05) is 0 Å². The summed E-state index contributed by atoms with van der Waals surface area (Å²) in [5.74, 6) is 0.405. The summed E-state index contributed by atoms with van der Waals surface area (Å²) >= 11 is 0. The van der Waals surface area contributed by atoms with E-state index in [0.717, 1.165) is 0 Å². The Kier molecular flexibility index (Phi) is 7.46. The molecule has 0 saturated carbocycles. The van der Waals surface area contributed by atoms with Crippen LogP contribution in [0, 0.1) is 0 Å². The Hall–Kier alpha value is -1.79. The van der Waals surface area contributed by atoms with E-state index in [9.17, 15) is 4.79 Å². The fraction of sp³-hybridized carbons (Fsp3) is 0.500. The number of nitrogens with one attached hydrogen (secondary N) is 1. The number of nitrogens with two attached hydrogens (primary N) is 1. The molecule has 1 amide bonds. The summed E-state index contributed by atoms with van der Waals surface area (Å²) in [6.07, 6.45) is 0. The van der Waals surface area contributed by atoms with Gasteiger partial charge in [-0.3, -0.25) is 4.79 Å². The van der Waals surface area contributed by atoms with Gasteiger partial charge in [0.2, 0.25) is 0 Å². The highest BCUT2D eigenvalue weighted by Gasteiger charge is 2.07. The minimum absolute atomic E-state index is 0.145. The second-order valence-electron chi connectivity index (χ2n) is 4.07. The van der Waals surface area contributed by atoms with Crippen molar-refractivity contribution in [3.63, 3.8) is 0 Å². The van der Waals surface area contributed by atoms with Gasteiger partial charge in [-0.25, -0.2) is 0 Å². The van der Waals surface area contributed by atoms with E-state index in [0.29, 0.717) is 50.0 Å². The molecule has 0 aliphatic carbocycles. The van der Waals surface area contributed by atoms with Crippen LogP contribution in [0.1, 0.15) is 17.3 Å². The first-order valence-corrected chi connectivity index (χ1v) is 6.56. The van der Waals surface area contributed by atoms with Crippen molar-refractivity contribution >= 4 is 11.6 Å². The predicted molar refractivity (Wildman–Crippen MR) is 77.1 cm³/mol. The van der Waals surface area contributed by atoms with Gasteiger partial charge in [0.15, 0.2) is 0 Å². The summed E-state index contributed by atoms with van der Waals surface area (Å²) in [6.45, 7) is 4.39. The molecule has 0 aromatic heterocycles. The normalized spacial score (nSPS) is 10.3. The molecule has 1 aromatic carbocycles. The van der Waals surface area contributed by atoms with Gasteiger partial charge in [0.25, 0.3) is 5.91 Å². The minimum Gasteiger partial charge on any atom is -0.489 e. The Morgan fingerprint density at radius 2 is 2.00 bits per heavy atom. The third-order valence-corrected chi connectivity index (χ3v) is 2.53. The molecular weight excluding hydrogens is 260 g/mol. The van der Waals surface area contributed by atoms with Crippen molar-refractivity contribution in [1.82, 2.24) is 5.32 Å². The molecule has 6 nitrogen and oxygen atoms in total. The molecule has 0 fully saturated rings. The largest absolute Gasteiger partial charge is 0.489 e. The Bertz CT molecular complexity index is 424. The topological polar surface area (TPSA) is 82.8 Å². The van der Waals surface area contributed by atoms with E-state index in [-0.39, 0.29) is 5.91 Å². The molecule has 20 heavy (non-hydrogen) atoms. The van der Waals surface area contributed by atoms with Crippen molar-refractivity contribution in [2.24, 2.45) is 0 Å². The number of ether oxygens (including phenoxy) is 3. The lowest BCUT2D eigenvalue weighted by Gasteiger charge is -2.10. The first kappa shape index (κ1) is 16.3. The maximum Gasteiger partial charge on any atom is 0.251 e. The third kappa shape index (κ3) is 5.46. The van der Waals surface area contributed by atoms with Crippen molar-refractivity contribution in [2.75, 3.05) is 45.8 Å². The van der Waals surface area contributed by atoms with E-state index >= 15 is 0 Å². The van der Waals surface area contributed by atoms with Crippen molar-refractivity contribution in [1.29, 1.82) is 0 Å². The number of nitrogen functional groups attached to an aromatic ring is 1. The average molecular weight is 282 g/mol. The van der Waals surface area contributed by atoms with Gasteiger partial charge in [0, 0.05) is 19.2 Å². The van der Waals surface area contributed by atoms with E-state index in [4.69, 9.17) is 19.9 Å². The molecule has 3 N–H and O–H groups in total. The standard InChI is InChI=1S/C14H22N2O4/c1-3-16-14(17)11-4-5-13(12(15)10-11)20-9-8-19-7-6-18-2/h4-5,10H,3,6-9,15H2,1-2H3,(H,16,17). The Balaban J connectivity index is 2.42. The summed E-state index contributed by atoms with van der Waals surface area (Å²) in [6, 6.07) is 4.98. The molecule has 1 aromatic rings. The molecule has 1 rings (SSSR count). The van der Waals surface area contributed by atoms with Crippen LogP contribution in [0.4, 0.5) is 5.69 Å². The van der Waals surface area contributed by atoms with Crippen LogP contribution in [-0.4, -0.2) is 46.0 Å². The fourth-order valence-electron chi connectivity index (χ4n) is 1.54. The summed E-state index contributed by atoms with van der Waals surface area (Å²) < 4.78 is 15.6. The highest BCUT2D eigenvalue weighted by Crippen LogP contribution is 2.22. The van der Waals surface area contributed by atoms with Crippen LogP contribution in [0.3, 0.4) is 0 Å². The molecule has 0 aliphatic rings. The second-order valence-corrected chi connectivity index (χ2v) is 4.07. The van der Waals surface area contributed by atoms with E-state index in [1.54, 1.807) is 25.3 Å². The zero-order chi connectivity index (χ0) is 14.8. The highest BCUT2D eigenvalue weighted by molar-refractivity contribution is 5.95. The molecule has 0 unspecified atom stereocenters. The van der Waals surface area contributed by atoms with Gasteiger partial charge in [-0.15, -0.1) is 0 Å². The van der Waals surface area contributed by atoms with Crippen molar-refractivity contribution in [2.45, 2.75) is 6.92 Å². The van der Waals surface area contributed by atoms with Crippen molar-refractivity contribution in [3.05, 3.63) is 23.8 Å². The van der Waals surface area contributed by atoms with Crippen LogP contribution in [-0.2, 0) is 9.47 Å². The molecule has 6 heteroatoms. The third-order valence-electron chi connectivity index (χ3n) is 2.53. The number of carbonyl (C=O) groups is 1. The predicted octanol–water partition coefficient (Wildman–Crippen LogP) is 1.06. The molecule has 0 atom stereocenters. The molecule has 0 spiro atoms. The Morgan fingerprint density at radius 1 is 1.25 bits per heavy atom. The van der Waals surface area contributed by atoms with E-state index in [1.807, 2.05) is 6.92 Å². The van der Waals surface area contributed by atoms with Crippen LogP contribution < -0.4 is 15.8 Å². The Labute approximate surface area is 119 Å². The zero-order valence-electron chi connectivity index (χ0n) is 12.0. The quantitative estimate of drug-likeness (QED) is 0.523. The first-order valence-electron chi connectivity index (χ1n) is 6.56. The van der Waals surface area contributed by atoms with Crippen molar-refractivity contribution in [3.8, 4) is 5.75 Å². The zero-order valence-corrected chi connectivity index (χ0v) is 12.0. The molecule has 112 valence electrons. The number of methoxy groups -OCH3 is 1. The average Bonchev–Trinajstić information content (AvgIpc) is 2.44. The smallest absolute Gasteiger partial charge is 0.251 e. The van der Waals surface area contributed by atoms with Gasteiger partial charge in [-0.2, -0.15) is 0 Å². The SMILES string of the molecule is CCNC(=O)c1ccc(OCCOCCOC)c(N)c1. The maximum absolute atomic E-state index is 11.6. The van der Waals surface area contributed by atoms with Gasteiger partial charge in [0.05, 0.1) is 25.5 Å². The molecule has 0 radical (unpaired) electrons. The summed E-state index contributed by atoms with van der Waals surface area (Å²) in [4.78, 5) is 11.6. The first-order chi connectivity index (χ1) is 9.69. The van der Waals surface area contributed by atoms with Crippen LogP contribution in [0.5, 0.6) is 5.75 Å². The summed E-state index contributed by atoms with van der Waals surface area (Å²) in [7, 11) is 1.62. The maximum atomic E-state index is 11.6. The lowest BCUT2D eigenvalue weighted by atomic mass is 10.2. The molecule has 0 aliphatic heterocycles. The lowest BCUT2D eigenvalue weighted by molar-refractivity contribution is 0.0545. The summed E-state index contributed by atoms with van der Waals surface area (Å²) in [5.41, 5.74) is 6.81. The minimum atomic E-state index is -0.145. The van der Waals surface area contributed by atoms with Crippen LogP contribution in [0.2, 0.25) is 0 Å². The molecular formula is C14H22N2O4.